The lowest BCUT2D eigenvalue weighted by atomic mass is 10.0. The molecule has 0 saturated heterocycles. The molecule has 0 bridgehead atoms. The van der Waals surface area contributed by atoms with Gasteiger partial charge >= 0.3 is 0 Å². The Hall–Kier alpha value is -0.780. The van der Waals surface area contributed by atoms with Crippen LogP contribution in [-0.4, -0.2) is 0 Å². The maximum absolute atomic E-state index is 3.91. The molecule has 0 rings (SSSR count). The molecule has 0 aliphatic carbocycles. The van der Waals surface area contributed by atoms with Crippen molar-refractivity contribution in [1.82, 2.24) is 0 Å². The van der Waals surface area contributed by atoms with E-state index in [4.69, 9.17) is 0 Å². The monoisotopic (exact) mass is 164 g/mol. The quantitative estimate of drug-likeness (QED) is 0.409. The molecule has 0 aromatic rings. The molecular weight excluding hydrogens is 144 g/mol. The second-order valence-electron chi connectivity index (χ2n) is 3.05. The van der Waals surface area contributed by atoms with Crippen molar-refractivity contribution in [2.45, 2.75) is 33.1 Å². The summed E-state index contributed by atoms with van der Waals surface area (Å²) in [6, 6.07) is 0. The van der Waals surface area contributed by atoms with Crippen molar-refractivity contribution in [3.63, 3.8) is 0 Å². The summed E-state index contributed by atoms with van der Waals surface area (Å²) in [5, 5.41) is 0. The largest absolute Gasteiger partial charge is 0.103 e. The summed E-state index contributed by atoms with van der Waals surface area (Å²) in [5.41, 5.74) is 1.20. The highest BCUT2D eigenvalue weighted by Crippen LogP contribution is 2.10. The highest BCUT2D eigenvalue weighted by molar-refractivity contribution is 5.13. The van der Waals surface area contributed by atoms with Crippen molar-refractivity contribution in [3.8, 4) is 0 Å². The Morgan fingerprint density at radius 3 is 2.50 bits per heavy atom. The van der Waals surface area contributed by atoms with E-state index in [9.17, 15) is 0 Å². The molecule has 0 aromatic heterocycles. The molecule has 0 heteroatoms. The van der Waals surface area contributed by atoms with Crippen LogP contribution in [0.4, 0.5) is 0 Å². The molecule has 0 saturated carbocycles. The summed E-state index contributed by atoms with van der Waals surface area (Å²) in [6.45, 7) is 12.0. The fraction of sp³-hybridized carbons (Fsp3) is 0.500. The normalized spacial score (nSPS) is 13.2. The van der Waals surface area contributed by atoms with Crippen LogP contribution in [-0.2, 0) is 0 Å². The van der Waals surface area contributed by atoms with Gasteiger partial charge in [0.1, 0.15) is 0 Å². The lowest BCUT2D eigenvalue weighted by Crippen LogP contribution is -1.90. The molecule has 0 nitrogen and oxygen atoms in total. The maximum Gasteiger partial charge on any atom is -0.0204 e. The maximum atomic E-state index is 3.91. The molecular formula is C12H20. The van der Waals surface area contributed by atoms with Crippen molar-refractivity contribution < 1.29 is 0 Å². The summed E-state index contributed by atoms with van der Waals surface area (Å²) >= 11 is 0. The van der Waals surface area contributed by atoms with Gasteiger partial charge in [-0.15, -0.1) is 6.58 Å². The Morgan fingerprint density at radius 1 is 1.42 bits per heavy atom. The van der Waals surface area contributed by atoms with E-state index in [1.807, 2.05) is 6.08 Å². The Labute approximate surface area is 76.7 Å². The van der Waals surface area contributed by atoms with Crippen LogP contribution in [0.15, 0.2) is 37.0 Å². The zero-order chi connectivity index (χ0) is 9.40. The van der Waals surface area contributed by atoms with Gasteiger partial charge in [-0.2, -0.15) is 0 Å². The molecule has 0 aromatic carbocycles. The van der Waals surface area contributed by atoms with Gasteiger partial charge in [-0.05, 0) is 25.2 Å². The fourth-order valence-electron chi connectivity index (χ4n) is 0.957. The van der Waals surface area contributed by atoms with E-state index < -0.39 is 0 Å². The van der Waals surface area contributed by atoms with Crippen LogP contribution in [0.2, 0.25) is 0 Å². The van der Waals surface area contributed by atoms with Crippen LogP contribution in [0.5, 0.6) is 0 Å². The number of hydrogen-bond donors (Lipinski definition) is 0. The minimum absolute atomic E-state index is 0.630. The first-order valence-electron chi connectivity index (χ1n) is 4.71. The van der Waals surface area contributed by atoms with E-state index in [1.54, 1.807) is 0 Å². The van der Waals surface area contributed by atoms with E-state index in [1.165, 1.54) is 12.0 Å². The molecule has 0 fully saturated rings. The van der Waals surface area contributed by atoms with Gasteiger partial charge in [-0.25, -0.2) is 0 Å². The highest BCUT2D eigenvalue weighted by atomic mass is 14.0. The second-order valence-corrected chi connectivity index (χ2v) is 3.05. The average Bonchev–Trinajstić information content (AvgIpc) is 2.12. The molecule has 68 valence electrons. The topological polar surface area (TPSA) is 0 Å². The molecule has 0 aliphatic rings. The summed E-state index contributed by atoms with van der Waals surface area (Å²) in [6.07, 6.45) is 9.65. The third kappa shape index (κ3) is 4.95. The fourth-order valence-corrected chi connectivity index (χ4v) is 0.957. The highest BCUT2D eigenvalue weighted by Gasteiger charge is 1.95. The lowest BCUT2D eigenvalue weighted by Gasteiger charge is -2.04. The van der Waals surface area contributed by atoms with Gasteiger partial charge in [0.05, 0.1) is 0 Å². The van der Waals surface area contributed by atoms with Gasteiger partial charge in [-0.1, -0.05) is 44.2 Å². The number of hydrogen-bond acceptors (Lipinski definition) is 0. The van der Waals surface area contributed by atoms with Crippen LogP contribution in [0, 0.1) is 5.92 Å². The van der Waals surface area contributed by atoms with Crippen LogP contribution in [0.1, 0.15) is 33.1 Å². The first kappa shape index (κ1) is 11.2. The van der Waals surface area contributed by atoms with Crippen LogP contribution in [0.3, 0.4) is 0 Å². The van der Waals surface area contributed by atoms with E-state index in [-0.39, 0.29) is 0 Å². The Kier molecular flexibility index (Phi) is 6.45. The molecule has 0 radical (unpaired) electrons. The van der Waals surface area contributed by atoms with Crippen molar-refractivity contribution in [3.05, 3.63) is 37.0 Å². The van der Waals surface area contributed by atoms with Gasteiger partial charge in [0.15, 0.2) is 0 Å². The SMILES string of the molecule is C=CC(CC)C/C=C/C(=C)CC. The predicted molar refractivity (Wildman–Crippen MR) is 57.2 cm³/mol. The predicted octanol–water partition coefficient (Wildman–Crippen LogP) is 4.11. The summed E-state index contributed by atoms with van der Waals surface area (Å²) < 4.78 is 0. The van der Waals surface area contributed by atoms with Crippen LogP contribution in [0.25, 0.3) is 0 Å². The van der Waals surface area contributed by atoms with Crippen molar-refractivity contribution >= 4 is 0 Å². The Morgan fingerprint density at radius 2 is 2.08 bits per heavy atom. The molecule has 1 atom stereocenters. The first-order valence-corrected chi connectivity index (χ1v) is 4.71. The summed E-state index contributed by atoms with van der Waals surface area (Å²) in [5.74, 6) is 0.630. The lowest BCUT2D eigenvalue weighted by molar-refractivity contribution is 0.639. The third-order valence-corrected chi connectivity index (χ3v) is 2.10. The van der Waals surface area contributed by atoms with Gasteiger partial charge in [0.25, 0.3) is 0 Å². The number of rotatable bonds is 6. The molecule has 0 amide bonds. The number of allylic oxidation sites excluding steroid dienone is 4. The summed E-state index contributed by atoms with van der Waals surface area (Å²) in [7, 11) is 0. The molecule has 1 unspecified atom stereocenters. The zero-order valence-corrected chi connectivity index (χ0v) is 8.34. The second kappa shape index (κ2) is 6.90. The first-order chi connectivity index (χ1) is 5.74. The van der Waals surface area contributed by atoms with Gasteiger partial charge in [0.2, 0.25) is 0 Å². The Bertz CT molecular complexity index is 163. The standard InChI is InChI=1S/C12H20/c1-5-11(4)9-8-10-12(6-2)7-3/h6,8-9,12H,2,4-5,7,10H2,1,3H3/b9-8+. The molecule has 0 spiro atoms. The minimum Gasteiger partial charge on any atom is -0.103 e. The molecule has 0 N–H and O–H groups in total. The molecule has 0 heterocycles. The van der Waals surface area contributed by atoms with Crippen molar-refractivity contribution in [1.29, 1.82) is 0 Å². The van der Waals surface area contributed by atoms with Crippen LogP contribution < -0.4 is 0 Å². The Balaban J connectivity index is 3.71. The van der Waals surface area contributed by atoms with Crippen LogP contribution >= 0.6 is 0 Å². The van der Waals surface area contributed by atoms with E-state index in [0.717, 1.165) is 12.8 Å². The molecule has 0 aliphatic heterocycles. The summed E-state index contributed by atoms with van der Waals surface area (Å²) in [4.78, 5) is 0. The van der Waals surface area contributed by atoms with Gasteiger partial charge in [0, 0.05) is 0 Å². The molecule has 12 heavy (non-hydrogen) atoms. The third-order valence-electron chi connectivity index (χ3n) is 2.10. The zero-order valence-electron chi connectivity index (χ0n) is 8.34. The van der Waals surface area contributed by atoms with E-state index in [0.29, 0.717) is 5.92 Å². The average molecular weight is 164 g/mol. The van der Waals surface area contributed by atoms with E-state index >= 15 is 0 Å². The van der Waals surface area contributed by atoms with Gasteiger partial charge in [-0.3, -0.25) is 0 Å². The van der Waals surface area contributed by atoms with Crippen molar-refractivity contribution in [2.75, 3.05) is 0 Å². The van der Waals surface area contributed by atoms with Crippen molar-refractivity contribution in [2.24, 2.45) is 5.92 Å². The smallest absolute Gasteiger partial charge is 0.0204 e. The minimum atomic E-state index is 0.630. The van der Waals surface area contributed by atoms with Gasteiger partial charge < -0.3 is 0 Å². The van der Waals surface area contributed by atoms with E-state index in [2.05, 4.69) is 39.2 Å².